The number of hydrogen-bond donors (Lipinski definition) is 2. The van der Waals surface area contributed by atoms with E-state index in [2.05, 4.69) is 34.3 Å². The Morgan fingerprint density at radius 3 is 2.41 bits per heavy atom. The molecule has 2 aromatic rings. The lowest BCUT2D eigenvalue weighted by Crippen LogP contribution is -2.54. The SMILES string of the molecule is CCN1CCN(C(=O)c2ccc(C#C[C@]3(CN4Cc5ccc(OC)c(F)c5C4=O)NC(=O)NC3=O)cc2)CC1. The fourth-order valence-electron chi connectivity index (χ4n) is 5.02. The van der Waals surface area contributed by atoms with Crippen LogP contribution < -0.4 is 15.4 Å². The molecule has 39 heavy (non-hydrogen) atoms. The average molecular weight is 534 g/mol. The van der Waals surface area contributed by atoms with Crippen LogP contribution in [0.15, 0.2) is 36.4 Å². The molecule has 0 aromatic heterocycles. The van der Waals surface area contributed by atoms with Crippen LogP contribution >= 0.6 is 0 Å². The first kappa shape index (κ1) is 26.2. The van der Waals surface area contributed by atoms with Crippen LogP contribution in [0.4, 0.5) is 9.18 Å². The molecule has 3 aliphatic heterocycles. The second kappa shape index (κ2) is 10.4. The van der Waals surface area contributed by atoms with E-state index in [4.69, 9.17) is 4.74 Å². The zero-order valence-electron chi connectivity index (χ0n) is 21.7. The third kappa shape index (κ3) is 4.91. The van der Waals surface area contributed by atoms with Gasteiger partial charge in [0.15, 0.2) is 11.6 Å². The maximum absolute atomic E-state index is 14.8. The summed E-state index contributed by atoms with van der Waals surface area (Å²) in [6.07, 6.45) is 0. The molecule has 2 saturated heterocycles. The van der Waals surface area contributed by atoms with Gasteiger partial charge in [0.2, 0.25) is 5.54 Å². The van der Waals surface area contributed by atoms with Crippen molar-refractivity contribution in [1.29, 1.82) is 0 Å². The molecule has 11 heteroatoms. The normalized spacial score (nSPS) is 20.7. The Labute approximate surface area is 225 Å². The van der Waals surface area contributed by atoms with Crippen molar-refractivity contribution >= 4 is 23.8 Å². The predicted octanol–water partition coefficient (Wildman–Crippen LogP) is 1.20. The van der Waals surface area contributed by atoms with Gasteiger partial charge in [-0.25, -0.2) is 9.18 Å². The Balaban J connectivity index is 1.34. The topological polar surface area (TPSA) is 111 Å². The van der Waals surface area contributed by atoms with Gasteiger partial charge in [-0.05, 0) is 42.4 Å². The van der Waals surface area contributed by atoms with Gasteiger partial charge in [0, 0.05) is 43.9 Å². The van der Waals surface area contributed by atoms with E-state index in [1.165, 1.54) is 18.1 Å². The van der Waals surface area contributed by atoms with Crippen LogP contribution in [0.25, 0.3) is 0 Å². The standard InChI is InChI=1S/C28H28FN5O5/c1-3-32-12-14-33(15-13-32)24(35)19-6-4-18(5-7-19)10-11-28(26(37)30-27(38)31-28)17-34-16-20-8-9-21(39-2)23(29)22(20)25(34)36/h4-9H,3,12-17H2,1-2H3,(H2,30,31,37,38)/t28-/m1/s1. The summed E-state index contributed by atoms with van der Waals surface area (Å²) in [7, 11) is 1.31. The predicted molar refractivity (Wildman–Crippen MR) is 138 cm³/mol. The molecule has 0 aliphatic carbocycles. The summed E-state index contributed by atoms with van der Waals surface area (Å²) >= 11 is 0. The fourth-order valence-corrected chi connectivity index (χ4v) is 5.02. The average Bonchev–Trinajstić information content (AvgIpc) is 3.42. The van der Waals surface area contributed by atoms with Gasteiger partial charge in [0.1, 0.15) is 0 Å². The maximum Gasteiger partial charge on any atom is 0.323 e. The number of carbonyl (C=O) groups excluding carboxylic acids is 4. The van der Waals surface area contributed by atoms with E-state index in [1.807, 2.05) is 4.90 Å². The van der Waals surface area contributed by atoms with Gasteiger partial charge in [0.25, 0.3) is 17.7 Å². The van der Waals surface area contributed by atoms with Crippen molar-refractivity contribution in [2.75, 3.05) is 46.4 Å². The third-order valence-corrected chi connectivity index (χ3v) is 7.30. The molecule has 5 amide bonds. The Hall–Kier alpha value is -4.43. The highest BCUT2D eigenvalue weighted by atomic mass is 19.1. The second-order valence-electron chi connectivity index (χ2n) is 9.64. The van der Waals surface area contributed by atoms with Crippen LogP contribution in [0, 0.1) is 17.7 Å². The molecule has 3 aliphatic rings. The second-order valence-corrected chi connectivity index (χ2v) is 9.64. The number of fused-ring (bicyclic) bond motifs is 1. The molecule has 10 nitrogen and oxygen atoms in total. The number of urea groups is 1. The van der Waals surface area contributed by atoms with Crippen LogP contribution in [0.1, 0.15) is 38.8 Å². The van der Waals surface area contributed by atoms with Crippen LogP contribution in [0.3, 0.4) is 0 Å². The van der Waals surface area contributed by atoms with Crippen molar-refractivity contribution in [2.45, 2.75) is 19.0 Å². The van der Waals surface area contributed by atoms with Crippen molar-refractivity contribution < 1.29 is 28.3 Å². The summed E-state index contributed by atoms with van der Waals surface area (Å²) in [4.78, 5) is 56.2. The van der Waals surface area contributed by atoms with Crippen LogP contribution in [0.2, 0.25) is 0 Å². The number of benzene rings is 2. The number of halogens is 1. The van der Waals surface area contributed by atoms with E-state index in [0.29, 0.717) is 29.8 Å². The van der Waals surface area contributed by atoms with Gasteiger partial charge < -0.3 is 24.8 Å². The number of piperazine rings is 1. The number of carbonyl (C=O) groups is 4. The summed E-state index contributed by atoms with van der Waals surface area (Å²) in [6, 6.07) is 8.98. The first-order chi connectivity index (χ1) is 18.7. The smallest absolute Gasteiger partial charge is 0.323 e. The highest BCUT2D eigenvalue weighted by Crippen LogP contribution is 2.32. The van der Waals surface area contributed by atoms with Crippen molar-refractivity contribution in [3.05, 3.63) is 64.5 Å². The monoisotopic (exact) mass is 533 g/mol. The largest absolute Gasteiger partial charge is 0.494 e. The van der Waals surface area contributed by atoms with Crippen molar-refractivity contribution in [3.63, 3.8) is 0 Å². The number of methoxy groups -OCH3 is 1. The summed E-state index contributed by atoms with van der Waals surface area (Å²) in [6.45, 7) is 5.83. The molecule has 2 N–H and O–H groups in total. The summed E-state index contributed by atoms with van der Waals surface area (Å²) in [5.41, 5.74) is -0.364. The molecule has 0 unspecified atom stereocenters. The van der Waals surface area contributed by atoms with Gasteiger partial charge in [-0.2, -0.15) is 0 Å². The minimum atomic E-state index is -1.73. The number of amides is 5. The van der Waals surface area contributed by atoms with Crippen molar-refractivity contribution in [3.8, 4) is 17.6 Å². The molecule has 0 radical (unpaired) electrons. The first-order valence-corrected chi connectivity index (χ1v) is 12.7. The molecule has 1 atom stereocenters. The first-order valence-electron chi connectivity index (χ1n) is 12.7. The van der Waals surface area contributed by atoms with Crippen molar-refractivity contribution in [1.82, 2.24) is 25.3 Å². The molecular weight excluding hydrogens is 505 g/mol. The number of imide groups is 1. The Kier molecular flexibility index (Phi) is 6.97. The lowest BCUT2D eigenvalue weighted by atomic mass is 9.99. The highest BCUT2D eigenvalue weighted by molar-refractivity contribution is 6.10. The van der Waals surface area contributed by atoms with Crippen LogP contribution in [0.5, 0.6) is 5.75 Å². The van der Waals surface area contributed by atoms with Crippen molar-refractivity contribution in [2.24, 2.45) is 0 Å². The summed E-state index contributed by atoms with van der Waals surface area (Å²) in [5.74, 6) is 3.48. The molecular formula is C28H28FN5O5. The lowest BCUT2D eigenvalue weighted by molar-refractivity contribution is -0.122. The van der Waals surface area contributed by atoms with E-state index in [1.54, 1.807) is 30.3 Å². The minimum absolute atomic E-state index is 0.0466. The molecule has 0 spiro atoms. The number of likely N-dealkylation sites (N-methyl/N-ethyl adjacent to an activating group) is 1. The number of ether oxygens (including phenoxy) is 1. The van der Waals surface area contributed by atoms with E-state index in [-0.39, 0.29) is 30.3 Å². The molecule has 2 fully saturated rings. The zero-order valence-corrected chi connectivity index (χ0v) is 21.7. The Bertz CT molecular complexity index is 1410. The number of nitrogens with one attached hydrogen (secondary N) is 2. The molecule has 2 aromatic carbocycles. The van der Waals surface area contributed by atoms with Crippen LogP contribution in [-0.2, 0) is 11.3 Å². The summed E-state index contributed by atoms with van der Waals surface area (Å²) in [5, 5.41) is 4.70. The fraction of sp³-hybridized carbons (Fsp3) is 0.357. The Morgan fingerprint density at radius 1 is 1.08 bits per heavy atom. The highest BCUT2D eigenvalue weighted by Gasteiger charge is 2.48. The Morgan fingerprint density at radius 2 is 1.79 bits per heavy atom. The molecule has 3 heterocycles. The maximum atomic E-state index is 14.8. The molecule has 0 saturated carbocycles. The quantitative estimate of drug-likeness (QED) is 0.442. The van der Waals surface area contributed by atoms with E-state index in [9.17, 15) is 23.6 Å². The van der Waals surface area contributed by atoms with Crippen LogP contribution in [-0.4, -0.2) is 90.4 Å². The van der Waals surface area contributed by atoms with Gasteiger partial charge in [0.05, 0.1) is 19.2 Å². The number of nitrogens with zero attached hydrogens (tertiary/aromatic N) is 3. The van der Waals surface area contributed by atoms with Gasteiger partial charge in [-0.3, -0.25) is 19.7 Å². The van der Waals surface area contributed by atoms with E-state index in [0.717, 1.165) is 19.6 Å². The lowest BCUT2D eigenvalue weighted by Gasteiger charge is -2.34. The van der Waals surface area contributed by atoms with Gasteiger partial charge in [-0.15, -0.1) is 0 Å². The van der Waals surface area contributed by atoms with Gasteiger partial charge in [-0.1, -0.05) is 24.8 Å². The molecule has 0 bridgehead atoms. The van der Waals surface area contributed by atoms with E-state index < -0.39 is 29.2 Å². The van der Waals surface area contributed by atoms with Gasteiger partial charge >= 0.3 is 6.03 Å². The van der Waals surface area contributed by atoms with E-state index >= 15 is 0 Å². The molecule has 202 valence electrons. The summed E-state index contributed by atoms with van der Waals surface area (Å²) < 4.78 is 19.8. The zero-order chi connectivity index (χ0) is 27.7. The number of rotatable bonds is 5. The minimum Gasteiger partial charge on any atom is -0.494 e. The molecule has 5 rings (SSSR count). The number of hydrogen-bond acceptors (Lipinski definition) is 6. The third-order valence-electron chi connectivity index (χ3n) is 7.30.